The second kappa shape index (κ2) is 7.69. The van der Waals surface area contributed by atoms with Crippen LogP contribution in [0.2, 0.25) is 5.02 Å². The van der Waals surface area contributed by atoms with Gasteiger partial charge in [0, 0.05) is 42.8 Å². The zero-order valence-electron chi connectivity index (χ0n) is 15.7. The molecular formula is C20H20ClN5O2. The van der Waals surface area contributed by atoms with Crippen molar-refractivity contribution < 1.29 is 9.53 Å². The van der Waals surface area contributed by atoms with Gasteiger partial charge in [0.2, 0.25) is 0 Å². The molecule has 1 amide bonds. The molecule has 3 aromatic rings. The molecule has 1 aliphatic heterocycles. The van der Waals surface area contributed by atoms with Crippen molar-refractivity contribution in [3.8, 4) is 11.3 Å². The summed E-state index contributed by atoms with van der Waals surface area (Å²) in [6, 6.07) is 7.47. The third kappa shape index (κ3) is 3.63. The van der Waals surface area contributed by atoms with Gasteiger partial charge in [-0.2, -0.15) is 5.10 Å². The van der Waals surface area contributed by atoms with Crippen molar-refractivity contribution in [3.63, 3.8) is 0 Å². The number of ether oxygens (including phenoxy) is 1. The van der Waals surface area contributed by atoms with Crippen LogP contribution in [0.1, 0.15) is 27.8 Å². The Morgan fingerprint density at radius 1 is 1.29 bits per heavy atom. The Morgan fingerprint density at radius 3 is 2.86 bits per heavy atom. The van der Waals surface area contributed by atoms with Crippen LogP contribution < -0.4 is 0 Å². The quantitative estimate of drug-likeness (QED) is 0.679. The zero-order chi connectivity index (χ0) is 19.7. The molecule has 28 heavy (non-hydrogen) atoms. The first-order valence-corrected chi connectivity index (χ1v) is 9.38. The summed E-state index contributed by atoms with van der Waals surface area (Å²) < 4.78 is 7.61. The Hall–Kier alpha value is -2.77. The van der Waals surface area contributed by atoms with E-state index < -0.39 is 0 Å². The van der Waals surface area contributed by atoms with Gasteiger partial charge >= 0.3 is 0 Å². The van der Waals surface area contributed by atoms with Crippen LogP contribution >= 0.6 is 11.6 Å². The van der Waals surface area contributed by atoms with Crippen molar-refractivity contribution in [2.75, 3.05) is 19.7 Å². The Kier molecular flexibility index (Phi) is 5.11. The predicted molar refractivity (Wildman–Crippen MR) is 105 cm³/mol. The molecule has 3 heterocycles. The van der Waals surface area contributed by atoms with E-state index in [0.717, 1.165) is 11.3 Å². The first-order valence-electron chi connectivity index (χ1n) is 9.01. The van der Waals surface area contributed by atoms with Crippen molar-refractivity contribution in [1.82, 2.24) is 24.6 Å². The molecule has 0 radical (unpaired) electrons. The molecule has 0 saturated carbocycles. The van der Waals surface area contributed by atoms with Crippen LogP contribution in [0, 0.1) is 6.92 Å². The molecule has 1 unspecified atom stereocenters. The maximum atomic E-state index is 13.0. The van der Waals surface area contributed by atoms with E-state index in [1.165, 1.54) is 0 Å². The minimum atomic E-state index is -0.364. The van der Waals surface area contributed by atoms with Gasteiger partial charge in [-0.1, -0.05) is 23.7 Å². The predicted octanol–water partition coefficient (Wildman–Crippen LogP) is 3.05. The number of halogens is 1. The van der Waals surface area contributed by atoms with E-state index in [4.69, 9.17) is 16.3 Å². The normalized spacial score (nSPS) is 17.0. The molecule has 1 atom stereocenters. The minimum absolute atomic E-state index is 0.0490. The molecule has 7 nitrogen and oxygen atoms in total. The Bertz CT molecular complexity index is 1020. The van der Waals surface area contributed by atoms with Crippen LogP contribution in [0.4, 0.5) is 0 Å². The highest BCUT2D eigenvalue weighted by Gasteiger charge is 2.30. The van der Waals surface area contributed by atoms with Crippen LogP contribution in [0.5, 0.6) is 0 Å². The van der Waals surface area contributed by atoms with Gasteiger partial charge in [0.15, 0.2) is 0 Å². The topological polar surface area (TPSA) is 73.1 Å². The number of morpholine rings is 1. The molecule has 0 aliphatic carbocycles. The number of benzene rings is 1. The van der Waals surface area contributed by atoms with Gasteiger partial charge in [-0.15, -0.1) is 0 Å². The summed E-state index contributed by atoms with van der Waals surface area (Å²) in [5, 5.41) is 4.90. The fourth-order valence-electron chi connectivity index (χ4n) is 3.42. The summed E-state index contributed by atoms with van der Waals surface area (Å²) in [4.78, 5) is 23.8. The largest absolute Gasteiger partial charge is 0.368 e. The molecule has 1 fully saturated rings. The van der Waals surface area contributed by atoms with E-state index in [1.807, 2.05) is 38.2 Å². The van der Waals surface area contributed by atoms with Crippen molar-refractivity contribution in [3.05, 3.63) is 64.8 Å². The van der Waals surface area contributed by atoms with Gasteiger partial charge in [-0.25, -0.2) is 0 Å². The van der Waals surface area contributed by atoms with Crippen LogP contribution in [0.15, 0.2) is 42.9 Å². The number of hydrogen-bond donors (Lipinski definition) is 0. The molecule has 1 saturated heterocycles. The number of amides is 1. The van der Waals surface area contributed by atoms with Crippen molar-refractivity contribution >= 4 is 17.5 Å². The van der Waals surface area contributed by atoms with Crippen LogP contribution in [0.25, 0.3) is 11.3 Å². The number of carbonyl (C=O) groups is 1. The number of nitrogens with zero attached hydrogens (tertiary/aromatic N) is 5. The van der Waals surface area contributed by atoms with Crippen molar-refractivity contribution in [1.29, 1.82) is 0 Å². The molecule has 144 valence electrons. The monoisotopic (exact) mass is 397 g/mol. The lowest BCUT2D eigenvalue weighted by Gasteiger charge is -2.33. The molecular weight excluding hydrogens is 378 g/mol. The van der Waals surface area contributed by atoms with E-state index in [-0.39, 0.29) is 12.0 Å². The average molecular weight is 398 g/mol. The van der Waals surface area contributed by atoms with Gasteiger partial charge in [0.1, 0.15) is 6.10 Å². The number of carbonyl (C=O) groups excluding carboxylic acids is 1. The van der Waals surface area contributed by atoms with E-state index in [0.29, 0.717) is 41.7 Å². The highest BCUT2D eigenvalue weighted by molar-refractivity contribution is 6.30. The number of aryl methyl sites for hydroxylation is 2. The molecule has 4 rings (SSSR count). The number of rotatable bonds is 3. The van der Waals surface area contributed by atoms with Gasteiger partial charge < -0.3 is 9.64 Å². The number of aromatic nitrogens is 4. The smallest absolute Gasteiger partial charge is 0.257 e. The summed E-state index contributed by atoms with van der Waals surface area (Å²) in [5.74, 6) is -0.0490. The summed E-state index contributed by atoms with van der Waals surface area (Å²) >= 11 is 6.14. The molecule has 0 N–H and O–H groups in total. The number of hydrogen-bond acceptors (Lipinski definition) is 5. The average Bonchev–Trinajstić information content (AvgIpc) is 3.05. The molecule has 0 bridgehead atoms. The van der Waals surface area contributed by atoms with E-state index >= 15 is 0 Å². The van der Waals surface area contributed by atoms with Gasteiger partial charge in [0.25, 0.3) is 5.91 Å². The second-order valence-electron chi connectivity index (χ2n) is 6.71. The lowest BCUT2D eigenvalue weighted by Crippen LogP contribution is -2.42. The summed E-state index contributed by atoms with van der Waals surface area (Å²) in [6.45, 7) is 3.20. The standard InChI is InChI=1S/C20H20ClN5O2/c1-13-16(11-25(2)24-13)20(27)26-8-9-28-17(12-26)19-18(22-6-7-23-19)14-4-3-5-15(21)10-14/h3-7,10-11,17H,8-9,12H2,1-2H3. The fraction of sp³-hybridized carbons (Fsp3) is 0.300. The fourth-order valence-corrected chi connectivity index (χ4v) is 3.61. The summed E-state index contributed by atoms with van der Waals surface area (Å²) in [6.07, 6.45) is 4.67. The zero-order valence-corrected chi connectivity index (χ0v) is 16.4. The van der Waals surface area contributed by atoms with Crippen molar-refractivity contribution in [2.24, 2.45) is 7.05 Å². The Labute approximate surface area is 167 Å². The van der Waals surface area contributed by atoms with Gasteiger partial charge in [-0.05, 0) is 19.1 Å². The van der Waals surface area contributed by atoms with Crippen LogP contribution in [-0.4, -0.2) is 50.3 Å². The highest BCUT2D eigenvalue weighted by atomic mass is 35.5. The Balaban J connectivity index is 1.62. The van der Waals surface area contributed by atoms with Gasteiger partial charge in [0.05, 0.1) is 35.8 Å². The lowest BCUT2D eigenvalue weighted by atomic mass is 10.0. The first-order chi connectivity index (χ1) is 13.5. The molecule has 1 aromatic carbocycles. The van der Waals surface area contributed by atoms with Crippen LogP contribution in [-0.2, 0) is 11.8 Å². The SMILES string of the molecule is Cc1nn(C)cc1C(=O)N1CCOC(c2nccnc2-c2cccc(Cl)c2)C1. The maximum Gasteiger partial charge on any atom is 0.257 e. The molecule has 0 spiro atoms. The summed E-state index contributed by atoms with van der Waals surface area (Å²) in [7, 11) is 1.81. The molecule has 2 aromatic heterocycles. The van der Waals surface area contributed by atoms with E-state index in [9.17, 15) is 4.79 Å². The molecule has 1 aliphatic rings. The first kappa shape index (κ1) is 18.6. The lowest BCUT2D eigenvalue weighted by molar-refractivity contribution is -0.0246. The summed E-state index contributed by atoms with van der Waals surface area (Å²) in [5.41, 5.74) is 3.60. The minimum Gasteiger partial charge on any atom is -0.368 e. The third-order valence-corrected chi connectivity index (χ3v) is 4.96. The Morgan fingerprint density at radius 2 is 2.11 bits per heavy atom. The van der Waals surface area contributed by atoms with Crippen molar-refractivity contribution in [2.45, 2.75) is 13.0 Å². The second-order valence-corrected chi connectivity index (χ2v) is 7.15. The third-order valence-electron chi connectivity index (χ3n) is 4.73. The van der Waals surface area contributed by atoms with Crippen LogP contribution in [0.3, 0.4) is 0 Å². The van der Waals surface area contributed by atoms with E-state index in [1.54, 1.807) is 28.2 Å². The maximum absolute atomic E-state index is 13.0. The highest BCUT2D eigenvalue weighted by Crippen LogP contribution is 2.30. The molecule has 8 heteroatoms. The van der Waals surface area contributed by atoms with E-state index in [2.05, 4.69) is 15.1 Å². The van der Waals surface area contributed by atoms with Gasteiger partial charge in [-0.3, -0.25) is 19.4 Å².